The van der Waals surface area contributed by atoms with Gasteiger partial charge in [0.2, 0.25) is 0 Å². The summed E-state index contributed by atoms with van der Waals surface area (Å²) in [6.07, 6.45) is 6.45. The molecule has 2 aromatic rings. The highest BCUT2D eigenvalue weighted by Crippen LogP contribution is 2.22. The largest absolute Gasteiger partial charge is 0.395 e. The fourth-order valence-corrected chi connectivity index (χ4v) is 2.92. The number of nitrogens with zero attached hydrogens (tertiary/aromatic N) is 6. The number of aliphatic hydroxyl groups excluding tert-OH is 1. The van der Waals surface area contributed by atoms with Crippen molar-refractivity contribution < 1.29 is 5.11 Å². The lowest BCUT2D eigenvalue weighted by atomic mass is 10.2. The van der Waals surface area contributed by atoms with Gasteiger partial charge in [0.15, 0.2) is 5.65 Å². The van der Waals surface area contributed by atoms with E-state index in [0.717, 1.165) is 43.3 Å². The molecule has 134 valence electrons. The van der Waals surface area contributed by atoms with Gasteiger partial charge in [-0.1, -0.05) is 31.4 Å². The summed E-state index contributed by atoms with van der Waals surface area (Å²) in [5, 5.41) is 17.7. The number of aliphatic hydroxyl groups is 1. The van der Waals surface area contributed by atoms with E-state index >= 15 is 0 Å². The summed E-state index contributed by atoms with van der Waals surface area (Å²) in [6, 6.07) is 2.06. The summed E-state index contributed by atoms with van der Waals surface area (Å²) in [5.74, 6) is 1.88. The van der Waals surface area contributed by atoms with Crippen LogP contribution in [0.4, 0.5) is 11.6 Å². The molecule has 0 saturated heterocycles. The first-order chi connectivity index (χ1) is 11.7. The van der Waals surface area contributed by atoms with Gasteiger partial charge in [0, 0.05) is 32.2 Å². The SMILES string of the molecule is CCCCCCN(CCO)c1cc(N(CC)CC)nc2cnnn12. The van der Waals surface area contributed by atoms with Crippen LogP contribution in [0.5, 0.6) is 0 Å². The van der Waals surface area contributed by atoms with Crippen molar-refractivity contribution in [1.29, 1.82) is 0 Å². The normalized spacial score (nSPS) is 11.2. The molecule has 0 aliphatic heterocycles. The molecule has 2 rings (SSSR count). The van der Waals surface area contributed by atoms with Gasteiger partial charge in [-0.2, -0.15) is 4.52 Å². The van der Waals surface area contributed by atoms with Crippen LogP contribution in [0.1, 0.15) is 46.5 Å². The van der Waals surface area contributed by atoms with E-state index in [9.17, 15) is 5.11 Å². The van der Waals surface area contributed by atoms with Crippen molar-refractivity contribution in [3.63, 3.8) is 0 Å². The topological polar surface area (TPSA) is 69.8 Å². The summed E-state index contributed by atoms with van der Waals surface area (Å²) >= 11 is 0. The van der Waals surface area contributed by atoms with Crippen molar-refractivity contribution in [2.45, 2.75) is 46.5 Å². The highest BCUT2D eigenvalue weighted by Gasteiger charge is 2.16. The summed E-state index contributed by atoms with van der Waals surface area (Å²) in [7, 11) is 0. The summed E-state index contributed by atoms with van der Waals surface area (Å²) in [4.78, 5) is 9.06. The number of hydrogen-bond acceptors (Lipinski definition) is 6. The number of hydrogen-bond donors (Lipinski definition) is 1. The standard InChI is InChI=1S/C17H30N6O/c1-4-7-8-9-10-22(11-12-24)17-13-15(21(5-2)6-3)19-16-14-18-20-23(16)17/h13-14,24H,4-12H2,1-3H3. The predicted octanol–water partition coefficient (Wildman–Crippen LogP) is 2.35. The summed E-state index contributed by atoms with van der Waals surface area (Å²) in [6.45, 7) is 9.87. The van der Waals surface area contributed by atoms with E-state index in [1.165, 1.54) is 19.3 Å². The molecule has 0 spiro atoms. The summed E-state index contributed by atoms with van der Waals surface area (Å²) in [5.41, 5.74) is 0.742. The van der Waals surface area contributed by atoms with Crippen LogP contribution in [0.3, 0.4) is 0 Å². The molecule has 2 heterocycles. The van der Waals surface area contributed by atoms with Crippen molar-refractivity contribution in [2.75, 3.05) is 42.6 Å². The van der Waals surface area contributed by atoms with E-state index in [4.69, 9.17) is 0 Å². The zero-order valence-corrected chi connectivity index (χ0v) is 15.1. The molecule has 0 bridgehead atoms. The number of aromatic nitrogens is 4. The Morgan fingerprint density at radius 1 is 1.04 bits per heavy atom. The van der Waals surface area contributed by atoms with Crippen LogP contribution in [0.2, 0.25) is 0 Å². The van der Waals surface area contributed by atoms with Gasteiger partial charge in [-0.05, 0) is 20.3 Å². The van der Waals surface area contributed by atoms with E-state index in [-0.39, 0.29) is 6.61 Å². The molecule has 7 heteroatoms. The van der Waals surface area contributed by atoms with Crippen LogP contribution in [0.15, 0.2) is 12.3 Å². The molecule has 0 fully saturated rings. The van der Waals surface area contributed by atoms with Gasteiger partial charge in [0.05, 0.1) is 12.8 Å². The molecular formula is C17H30N6O. The Kier molecular flexibility index (Phi) is 7.24. The van der Waals surface area contributed by atoms with Gasteiger partial charge >= 0.3 is 0 Å². The quantitative estimate of drug-likeness (QED) is 0.636. The number of anilines is 2. The van der Waals surface area contributed by atoms with Crippen molar-refractivity contribution in [2.24, 2.45) is 0 Å². The average molecular weight is 334 g/mol. The van der Waals surface area contributed by atoms with Gasteiger partial charge in [-0.3, -0.25) is 0 Å². The fourth-order valence-electron chi connectivity index (χ4n) is 2.92. The molecule has 24 heavy (non-hydrogen) atoms. The Bertz CT molecular complexity index is 610. The maximum absolute atomic E-state index is 9.48. The fraction of sp³-hybridized carbons (Fsp3) is 0.706. The van der Waals surface area contributed by atoms with Crippen LogP contribution in [0, 0.1) is 0 Å². The Balaban J connectivity index is 2.32. The zero-order valence-electron chi connectivity index (χ0n) is 15.1. The first-order valence-corrected chi connectivity index (χ1v) is 9.07. The third-order valence-corrected chi connectivity index (χ3v) is 4.30. The molecule has 2 aromatic heterocycles. The number of rotatable bonds is 11. The third kappa shape index (κ3) is 4.35. The Morgan fingerprint density at radius 3 is 2.50 bits per heavy atom. The van der Waals surface area contributed by atoms with Crippen molar-refractivity contribution >= 4 is 17.3 Å². The first kappa shape index (κ1) is 18.4. The molecule has 0 aliphatic carbocycles. The van der Waals surface area contributed by atoms with E-state index < -0.39 is 0 Å². The van der Waals surface area contributed by atoms with E-state index in [1.54, 1.807) is 10.7 Å². The first-order valence-electron chi connectivity index (χ1n) is 9.07. The minimum absolute atomic E-state index is 0.118. The van der Waals surface area contributed by atoms with E-state index in [2.05, 4.69) is 51.9 Å². The maximum atomic E-state index is 9.48. The van der Waals surface area contributed by atoms with Crippen molar-refractivity contribution in [1.82, 2.24) is 19.8 Å². The minimum atomic E-state index is 0.118. The van der Waals surface area contributed by atoms with E-state index in [0.29, 0.717) is 6.54 Å². The number of unbranched alkanes of at least 4 members (excludes halogenated alkanes) is 3. The monoisotopic (exact) mass is 334 g/mol. The molecule has 1 N–H and O–H groups in total. The second-order valence-corrected chi connectivity index (χ2v) is 5.92. The molecular weight excluding hydrogens is 304 g/mol. The second-order valence-electron chi connectivity index (χ2n) is 5.92. The molecule has 0 aliphatic rings. The van der Waals surface area contributed by atoms with Crippen LogP contribution in [0.25, 0.3) is 5.65 Å². The lowest BCUT2D eigenvalue weighted by Crippen LogP contribution is -2.31. The average Bonchev–Trinajstić information content (AvgIpc) is 3.07. The molecule has 0 atom stereocenters. The molecule has 7 nitrogen and oxygen atoms in total. The van der Waals surface area contributed by atoms with Crippen molar-refractivity contribution in [3.8, 4) is 0 Å². The Labute approximate surface area is 144 Å². The molecule has 0 aromatic carbocycles. The highest BCUT2D eigenvalue weighted by molar-refractivity contribution is 5.58. The van der Waals surface area contributed by atoms with Gasteiger partial charge in [-0.15, -0.1) is 5.10 Å². The van der Waals surface area contributed by atoms with Crippen LogP contribution < -0.4 is 9.80 Å². The van der Waals surface area contributed by atoms with Crippen LogP contribution >= 0.6 is 0 Å². The lowest BCUT2D eigenvalue weighted by Gasteiger charge is -2.26. The van der Waals surface area contributed by atoms with E-state index in [1.807, 2.05) is 0 Å². The molecule has 0 unspecified atom stereocenters. The second kappa shape index (κ2) is 9.42. The molecule has 0 amide bonds. The van der Waals surface area contributed by atoms with Crippen LogP contribution in [-0.2, 0) is 0 Å². The highest BCUT2D eigenvalue weighted by atomic mass is 16.3. The maximum Gasteiger partial charge on any atom is 0.179 e. The molecule has 0 saturated carbocycles. The number of fused-ring (bicyclic) bond motifs is 1. The minimum Gasteiger partial charge on any atom is -0.395 e. The third-order valence-electron chi connectivity index (χ3n) is 4.30. The Hall–Kier alpha value is -1.89. The Morgan fingerprint density at radius 2 is 1.83 bits per heavy atom. The predicted molar refractivity (Wildman–Crippen MR) is 97.8 cm³/mol. The van der Waals surface area contributed by atoms with Gasteiger partial charge < -0.3 is 14.9 Å². The van der Waals surface area contributed by atoms with Gasteiger partial charge in [0.25, 0.3) is 0 Å². The lowest BCUT2D eigenvalue weighted by molar-refractivity contribution is 0.301. The zero-order chi connectivity index (χ0) is 17.4. The smallest absolute Gasteiger partial charge is 0.179 e. The summed E-state index contributed by atoms with van der Waals surface area (Å²) < 4.78 is 1.77. The van der Waals surface area contributed by atoms with Gasteiger partial charge in [0.1, 0.15) is 11.6 Å². The molecule has 0 radical (unpaired) electrons. The van der Waals surface area contributed by atoms with Crippen LogP contribution in [-0.4, -0.2) is 57.7 Å². The van der Waals surface area contributed by atoms with Crippen molar-refractivity contribution in [3.05, 3.63) is 12.3 Å². The van der Waals surface area contributed by atoms with Gasteiger partial charge in [-0.25, -0.2) is 4.98 Å².